The van der Waals surface area contributed by atoms with Crippen molar-refractivity contribution in [3.63, 3.8) is 0 Å². The first-order valence-electron chi connectivity index (χ1n) is 6.45. The fourth-order valence-electron chi connectivity index (χ4n) is 1.96. The van der Waals surface area contributed by atoms with E-state index in [1.807, 2.05) is 11.6 Å². The van der Waals surface area contributed by atoms with Crippen molar-refractivity contribution < 1.29 is 4.74 Å². The van der Waals surface area contributed by atoms with Gasteiger partial charge in [-0.1, -0.05) is 20.8 Å². The number of nitrogens with zero attached hydrogens (tertiary/aromatic N) is 2. The molecule has 0 bridgehead atoms. The molecule has 0 saturated carbocycles. The maximum Gasteiger partial charge on any atom is 0.236 e. The van der Waals surface area contributed by atoms with Crippen molar-refractivity contribution in [3.8, 4) is 5.88 Å². The van der Waals surface area contributed by atoms with Crippen LogP contribution < -0.4 is 10.5 Å². The highest BCUT2D eigenvalue weighted by Crippen LogP contribution is 2.27. The van der Waals surface area contributed by atoms with Crippen LogP contribution in [0.4, 0.5) is 5.69 Å². The van der Waals surface area contributed by atoms with Crippen LogP contribution in [0.3, 0.4) is 0 Å². The first kappa shape index (κ1) is 13.9. The average molecular weight is 239 g/mol. The van der Waals surface area contributed by atoms with Crippen molar-refractivity contribution in [2.24, 2.45) is 5.92 Å². The van der Waals surface area contributed by atoms with Gasteiger partial charge in [-0.3, -0.25) is 0 Å². The van der Waals surface area contributed by atoms with E-state index in [4.69, 9.17) is 10.5 Å². The fraction of sp³-hybridized carbons (Fsp3) is 0.769. The lowest BCUT2D eigenvalue weighted by atomic mass is 10.1. The van der Waals surface area contributed by atoms with Gasteiger partial charge in [-0.2, -0.15) is 5.10 Å². The number of aromatic nitrogens is 2. The van der Waals surface area contributed by atoms with Gasteiger partial charge in [-0.25, -0.2) is 4.68 Å². The molecule has 1 unspecified atom stereocenters. The van der Waals surface area contributed by atoms with Gasteiger partial charge in [0.1, 0.15) is 5.69 Å². The van der Waals surface area contributed by atoms with E-state index in [-0.39, 0.29) is 6.10 Å². The lowest BCUT2D eigenvalue weighted by Gasteiger charge is -2.17. The summed E-state index contributed by atoms with van der Waals surface area (Å²) in [6.45, 7) is 11.4. The Balaban J connectivity index is 2.81. The van der Waals surface area contributed by atoms with Crippen molar-refractivity contribution in [2.45, 2.75) is 60.1 Å². The molecule has 0 aromatic carbocycles. The van der Waals surface area contributed by atoms with Gasteiger partial charge < -0.3 is 10.5 Å². The molecule has 0 spiro atoms. The minimum Gasteiger partial charge on any atom is -0.473 e. The second-order valence-electron chi connectivity index (χ2n) is 5.09. The zero-order chi connectivity index (χ0) is 13.0. The number of nitrogen functional groups attached to an aromatic ring is 1. The molecule has 2 N–H and O–H groups in total. The van der Waals surface area contributed by atoms with Crippen LogP contribution in [0.5, 0.6) is 5.88 Å². The number of hydrogen-bond donors (Lipinski definition) is 1. The molecule has 1 atom stereocenters. The number of anilines is 1. The Morgan fingerprint density at radius 2 is 2.00 bits per heavy atom. The predicted molar refractivity (Wildman–Crippen MR) is 71.2 cm³/mol. The summed E-state index contributed by atoms with van der Waals surface area (Å²) in [6.07, 6.45) is 2.22. The second-order valence-corrected chi connectivity index (χ2v) is 5.09. The average Bonchev–Trinajstić information content (AvgIpc) is 2.45. The quantitative estimate of drug-likeness (QED) is 0.830. The zero-order valence-electron chi connectivity index (χ0n) is 11.7. The Labute approximate surface area is 104 Å². The van der Waals surface area contributed by atoms with E-state index in [1.54, 1.807) is 0 Å². The van der Waals surface area contributed by atoms with Gasteiger partial charge in [-0.15, -0.1) is 0 Å². The molecule has 4 heteroatoms. The molecule has 1 aromatic rings. The summed E-state index contributed by atoms with van der Waals surface area (Å²) in [7, 11) is 0. The van der Waals surface area contributed by atoms with E-state index in [9.17, 15) is 0 Å². The van der Waals surface area contributed by atoms with Gasteiger partial charge in [0.05, 0.1) is 11.8 Å². The van der Waals surface area contributed by atoms with E-state index in [0.717, 1.165) is 31.0 Å². The van der Waals surface area contributed by atoms with E-state index < -0.39 is 0 Å². The SMILES string of the molecule is CCCn1nc(C)c(N)c1OC(C)CC(C)C. The molecule has 1 rings (SSSR count). The highest BCUT2D eigenvalue weighted by Gasteiger charge is 2.16. The second kappa shape index (κ2) is 5.94. The third-order valence-corrected chi connectivity index (χ3v) is 2.68. The van der Waals surface area contributed by atoms with Crippen LogP contribution in [-0.2, 0) is 6.54 Å². The van der Waals surface area contributed by atoms with Gasteiger partial charge in [0, 0.05) is 6.54 Å². The monoisotopic (exact) mass is 239 g/mol. The minimum absolute atomic E-state index is 0.170. The molecule has 0 amide bonds. The molecule has 0 radical (unpaired) electrons. The smallest absolute Gasteiger partial charge is 0.236 e. The number of aryl methyl sites for hydroxylation is 2. The first-order chi connectivity index (χ1) is 7.95. The molecule has 98 valence electrons. The molecule has 4 nitrogen and oxygen atoms in total. The summed E-state index contributed by atoms with van der Waals surface area (Å²) in [6, 6.07) is 0. The third kappa shape index (κ3) is 3.65. The number of hydrogen-bond acceptors (Lipinski definition) is 3. The molecule has 0 saturated heterocycles. The van der Waals surface area contributed by atoms with E-state index in [0.29, 0.717) is 11.6 Å². The lowest BCUT2D eigenvalue weighted by Crippen LogP contribution is -2.17. The standard InChI is InChI=1S/C13H25N3O/c1-6-7-16-13(12(14)11(5)15-16)17-10(4)8-9(2)3/h9-10H,6-8,14H2,1-5H3. The Hall–Kier alpha value is -1.19. The van der Waals surface area contributed by atoms with Gasteiger partial charge >= 0.3 is 0 Å². The van der Waals surface area contributed by atoms with Crippen LogP contribution in [-0.4, -0.2) is 15.9 Å². The fourth-order valence-corrected chi connectivity index (χ4v) is 1.96. The zero-order valence-corrected chi connectivity index (χ0v) is 11.7. The van der Waals surface area contributed by atoms with Crippen LogP contribution in [0.2, 0.25) is 0 Å². The summed E-state index contributed by atoms with van der Waals surface area (Å²) in [4.78, 5) is 0. The maximum atomic E-state index is 6.00. The van der Waals surface area contributed by atoms with Crippen molar-refractivity contribution in [2.75, 3.05) is 5.73 Å². The number of rotatable bonds is 6. The molecular formula is C13H25N3O. The largest absolute Gasteiger partial charge is 0.473 e. The van der Waals surface area contributed by atoms with Gasteiger partial charge in [-0.05, 0) is 32.6 Å². The third-order valence-electron chi connectivity index (χ3n) is 2.68. The maximum absolute atomic E-state index is 6.00. The van der Waals surface area contributed by atoms with Crippen LogP contribution in [0, 0.1) is 12.8 Å². The molecule has 1 aromatic heterocycles. The van der Waals surface area contributed by atoms with Crippen molar-refractivity contribution >= 4 is 5.69 Å². The Kier molecular flexibility index (Phi) is 4.85. The normalized spacial score (nSPS) is 13.1. The summed E-state index contributed by atoms with van der Waals surface area (Å²) >= 11 is 0. The number of nitrogens with two attached hydrogens (primary N) is 1. The number of ether oxygens (including phenoxy) is 1. The topological polar surface area (TPSA) is 53.1 Å². The van der Waals surface area contributed by atoms with Gasteiger partial charge in [0.25, 0.3) is 0 Å². The predicted octanol–water partition coefficient (Wildman–Crippen LogP) is 3.00. The molecule has 17 heavy (non-hydrogen) atoms. The Bertz CT molecular complexity index is 358. The van der Waals surface area contributed by atoms with Crippen molar-refractivity contribution in [1.29, 1.82) is 0 Å². The van der Waals surface area contributed by atoms with Gasteiger partial charge in [0.15, 0.2) is 0 Å². The molecule has 0 aliphatic heterocycles. The van der Waals surface area contributed by atoms with Crippen LogP contribution in [0.1, 0.15) is 46.2 Å². The van der Waals surface area contributed by atoms with Crippen LogP contribution >= 0.6 is 0 Å². The van der Waals surface area contributed by atoms with Crippen LogP contribution in [0.15, 0.2) is 0 Å². The first-order valence-corrected chi connectivity index (χ1v) is 6.45. The highest BCUT2D eigenvalue weighted by atomic mass is 16.5. The van der Waals surface area contributed by atoms with E-state index in [1.165, 1.54) is 0 Å². The van der Waals surface area contributed by atoms with E-state index in [2.05, 4.69) is 32.8 Å². The summed E-state index contributed by atoms with van der Waals surface area (Å²) in [5, 5.41) is 4.40. The van der Waals surface area contributed by atoms with Crippen molar-refractivity contribution in [1.82, 2.24) is 9.78 Å². The van der Waals surface area contributed by atoms with Crippen LogP contribution in [0.25, 0.3) is 0 Å². The molecular weight excluding hydrogens is 214 g/mol. The molecule has 0 aliphatic rings. The summed E-state index contributed by atoms with van der Waals surface area (Å²) < 4.78 is 7.81. The Morgan fingerprint density at radius 1 is 1.35 bits per heavy atom. The minimum atomic E-state index is 0.170. The molecule has 0 aliphatic carbocycles. The highest BCUT2D eigenvalue weighted by molar-refractivity contribution is 5.52. The van der Waals surface area contributed by atoms with Gasteiger partial charge in [0.2, 0.25) is 5.88 Å². The summed E-state index contributed by atoms with van der Waals surface area (Å²) in [5.41, 5.74) is 7.53. The Morgan fingerprint density at radius 3 is 2.53 bits per heavy atom. The molecule has 1 heterocycles. The van der Waals surface area contributed by atoms with E-state index >= 15 is 0 Å². The lowest BCUT2D eigenvalue weighted by molar-refractivity contribution is 0.175. The van der Waals surface area contributed by atoms with Crippen molar-refractivity contribution in [3.05, 3.63) is 5.69 Å². The molecule has 0 fully saturated rings. The summed E-state index contributed by atoms with van der Waals surface area (Å²) in [5.74, 6) is 1.35.